The molecule has 0 aliphatic carbocycles. The van der Waals surface area contributed by atoms with Crippen molar-refractivity contribution >= 4 is 58.0 Å². The number of nitrogens with one attached hydrogen (secondary N) is 4. The number of nitrogens with zero attached hydrogens (tertiary/aromatic N) is 2. The zero-order valence-corrected chi connectivity index (χ0v) is 15.9. The fraction of sp³-hybridized carbons (Fsp3) is 0.111. The van der Waals surface area contributed by atoms with E-state index in [1.54, 1.807) is 6.21 Å². The molecule has 8 heteroatoms. The van der Waals surface area contributed by atoms with Crippen LogP contribution in [-0.4, -0.2) is 22.2 Å². The van der Waals surface area contributed by atoms with Crippen LogP contribution in [0.4, 0.5) is 11.4 Å². The molecular weight excluding hydrogens is 364 g/mol. The average molecular weight is 385 g/mol. The van der Waals surface area contributed by atoms with Crippen molar-refractivity contribution in [3.63, 3.8) is 0 Å². The van der Waals surface area contributed by atoms with Crippen molar-refractivity contribution in [2.24, 2.45) is 10.2 Å². The first kappa shape index (κ1) is 19.5. The van der Waals surface area contributed by atoms with E-state index < -0.39 is 0 Å². The van der Waals surface area contributed by atoms with Crippen LogP contribution in [0.2, 0.25) is 0 Å². The zero-order valence-electron chi connectivity index (χ0n) is 14.3. The second-order valence-electron chi connectivity index (χ2n) is 5.23. The summed E-state index contributed by atoms with van der Waals surface area (Å²) in [4.78, 5) is 0. The average Bonchev–Trinajstić information content (AvgIpc) is 2.65. The van der Waals surface area contributed by atoms with E-state index in [4.69, 9.17) is 24.4 Å². The molecule has 0 atom stereocenters. The number of benzene rings is 2. The minimum absolute atomic E-state index is 0.424. The predicted molar refractivity (Wildman–Crippen MR) is 118 cm³/mol. The Bertz CT molecular complexity index is 775. The van der Waals surface area contributed by atoms with E-state index in [1.807, 2.05) is 67.6 Å². The van der Waals surface area contributed by atoms with Crippen molar-refractivity contribution in [1.82, 2.24) is 10.9 Å². The molecule has 0 spiro atoms. The summed E-state index contributed by atoms with van der Waals surface area (Å²) < 4.78 is 0. The second kappa shape index (κ2) is 10.9. The summed E-state index contributed by atoms with van der Waals surface area (Å²) in [6.07, 6.45) is 2.25. The molecule has 0 aromatic heterocycles. The first-order chi connectivity index (χ1) is 12.6. The van der Waals surface area contributed by atoms with E-state index in [2.05, 4.69) is 31.7 Å². The van der Waals surface area contributed by atoms with Crippen molar-refractivity contribution in [3.8, 4) is 0 Å². The Balaban J connectivity index is 1.67. The van der Waals surface area contributed by atoms with Crippen molar-refractivity contribution in [1.29, 1.82) is 0 Å². The molecule has 0 unspecified atom stereocenters. The van der Waals surface area contributed by atoms with Gasteiger partial charge in [-0.1, -0.05) is 36.4 Å². The van der Waals surface area contributed by atoms with Crippen LogP contribution in [0.25, 0.3) is 0 Å². The van der Waals surface area contributed by atoms with Crippen LogP contribution in [0.15, 0.2) is 70.9 Å². The molecule has 0 saturated heterocycles. The molecule has 0 aliphatic rings. The number of hydrazone groups is 2. The summed E-state index contributed by atoms with van der Waals surface area (Å²) >= 11 is 10.3. The molecule has 134 valence electrons. The lowest BCUT2D eigenvalue weighted by molar-refractivity contribution is 1.02. The van der Waals surface area contributed by atoms with E-state index in [1.165, 1.54) is 0 Å². The fourth-order valence-electron chi connectivity index (χ4n) is 1.83. The van der Waals surface area contributed by atoms with E-state index in [0.29, 0.717) is 16.6 Å². The lowest BCUT2D eigenvalue weighted by Gasteiger charge is -2.07. The highest BCUT2D eigenvalue weighted by atomic mass is 32.1. The third kappa shape index (κ3) is 7.82. The van der Waals surface area contributed by atoms with Crippen LogP contribution in [0.3, 0.4) is 0 Å². The van der Waals surface area contributed by atoms with Gasteiger partial charge in [0.15, 0.2) is 10.2 Å². The van der Waals surface area contributed by atoms with Gasteiger partial charge in [-0.05, 0) is 55.6 Å². The Labute approximate surface area is 163 Å². The molecule has 4 N–H and O–H groups in total. The molecule has 26 heavy (non-hydrogen) atoms. The largest absolute Gasteiger partial charge is 0.331 e. The highest BCUT2D eigenvalue weighted by molar-refractivity contribution is 7.80. The quantitative estimate of drug-likeness (QED) is 0.346. The number of para-hydroxylation sites is 2. The van der Waals surface area contributed by atoms with Gasteiger partial charge in [-0.3, -0.25) is 10.9 Å². The highest BCUT2D eigenvalue weighted by Crippen LogP contribution is 2.05. The molecule has 2 aromatic carbocycles. The molecular formula is C18H20N6S2. The molecule has 0 amide bonds. The van der Waals surface area contributed by atoms with E-state index in [-0.39, 0.29) is 0 Å². The third-order valence-corrected chi connectivity index (χ3v) is 3.44. The van der Waals surface area contributed by atoms with Gasteiger partial charge >= 0.3 is 0 Å². The van der Waals surface area contributed by atoms with Crippen LogP contribution < -0.4 is 21.5 Å². The Kier molecular flexibility index (Phi) is 8.17. The maximum Gasteiger partial charge on any atom is 0.191 e. The summed E-state index contributed by atoms with van der Waals surface area (Å²) in [6, 6.07) is 19.3. The Morgan fingerprint density at radius 1 is 0.846 bits per heavy atom. The normalized spacial score (nSPS) is 11.0. The molecule has 0 saturated carbocycles. The molecule has 0 heterocycles. The van der Waals surface area contributed by atoms with Gasteiger partial charge < -0.3 is 10.6 Å². The number of hydrogen-bond acceptors (Lipinski definition) is 4. The number of thiocarbonyl (C=S) groups is 2. The summed E-state index contributed by atoms with van der Waals surface area (Å²) in [5.41, 5.74) is 8.20. The Morgan fingerprint density at radius 2 is 1.35 bits per heavy atom. The van der Waals surface area contributed by atoms with Crippen LogP contribution in [0.5, 0.6) is 0 Å². The van der Waals surface area contributed by atoms with Gasteiger partial charge in [0.2, 0.25) is 0 Å². The molecule has 2 rings (SSSR count). The van der Waals surface area contributed by atoms with Gasteiger partial charge in [0.05, 0.1) is 0 Å². The zero-order chi connectivity index (χ0) is 18.6. The minimum Gasteiger partial charge on any atom is -0.331 e. The predicted octanol–water partition coefficient (Wildman–Crippen LogP) is 3.71. The highest BCUT2D eigenvalue weighted by Gasteiger charge is 1.96. The number of rotatable bonds is 6. The fourth-order valence-corrected chi connectivity index (χ4v) is 2.17. The SMILES string of the molecule is CC(C/C=N/NC(=S)Nc1ccccc1)=NNC(=S)Nc1ccccc1. The maximum atomic E-state index is 5.19. The lowest BCUT2D eigenvalue weighted by atomic mass is 10.3. The molecule has 0 bridgehead atoms. The van der Waals surface area contributed by atoms with Crippen molar-refractivity contribution < 1.29 is 0 Å². The van der Waals surface area contributed by atoms with Gasteiger partial charge in [0.1, 0.15) is 0 Å². The minimum atomic E-state index is 0.424. The van der Waals surface area contributed by atoms with Crippen molar-refractivity contribution in [2.45, 2.75) is 13.3 Å². The maximum absolute atomic E-state index is 5.19. The molecule has 0 radical (unpaired) electrons. The van der Waals surface area contributed by atoms with Crippen LogP contribution in [0, 0.1) is 0 Å². The standard InChI is InChI=1S/C18H20N6S2/c1-14(22-24-18(26)21-16-10-6-3-7-11-16)12-13-19-23-17(25)20-15-8-4-2-5-9-15/h2-11,13H,12H2,1H3,(H2,20,23,25)(H2,21,24,26)/b19-13+,22-14?. The third-order valence-electron chi connectivity index (χ3n) is 3.06. The van der Waals surface area contributed by atoms with Crippen LogP contribution in [-0.2, 0) is 0 Å². The Hall–Kier alpha value is -2.84. The van der Waals surface area contributed by atoms with E-state index in [9.17, 15) is 0 Å². The molecule has 0 fully saturated rings. The summed E-state index contributed by atoms with van der Waals surface area (Å²) in [5, 5.41) is 15.2. The van der Waals surface area contributed by atoms with Crippen molar-refractivity contribution in [2.75, 3.05) is 10.6 Å². The monoisotopic (exact) mass is 384 g/mol. The number of anilines is 2. The van der Waals surface area contributed by atoms with Crippen molar-refractivity contribution in [3.05, 3.63) is 60.7 Å². The van der Waals surface area contributed by atoms with Gasteiger partial charge in [-0.25, -0.2) is 0 Å². The molecule has 6 nitrogen and oxygen atoms in total. The number of hydrogen-bond donors (Lipinski definition) is 4. The van der Waals surface area contributed by atoms with Crippen LogP contribution >= 0.6 is 24.4 Å². The molecule has 2 aromatic rings. The van der Waals surface area contributed by atoms with Gasteiger partial charge in [-0.2, -0.15) is 10.2 Å². The Morgan fingerprint density at radius 3 is 1.88 bits per heavy atom. The lowest BCUT2D eigenvalue weighted by Crippen LogP contribution is -2.25. The van der Waals surface area contributed by atoms with Gasteiger partial charge in [0, 0.05) is 29.7 Å². The molecule has 0 aliphatic heterocycles. The van der Waals surface area contributed by atoms with E-state index in [0.717, 1.165) is 17.1 Å². The first-order valence-corrected chi connectivity index (χ1v) is 8.74. The summed E-state index contributed by atoms with van der Waals surface area (Å²) in [7, 11) is 0. The van der Waals surface area contributed by atoms with Gasteiger partial charge in [0.25, 0.3) is 0 Å². The summed E-state index contributed by atoms with van der Waals surface area (Å²) in [5.74, 6) is 0. The topological polar surface area (TPSA) is 72.8 Å². The first-order valence-electron chi connectivity index (χ1n) is 7.92. The second-order valence-corrected chi connectivity index (χ2v) is 6.04. The van der Waals surface area contributed by atoms with Crippen LogP contribution in [0.1, 0.15) is 13.3 Å². The smallest absolute Gasteiger partial charge is 0.191 e. The van der Waals surface area contributed by atoms with E-state index >= 15 is 0 Å². The van der Waals surface area contributed by atoms with Gasteiger partial charge in [-0.15, -0.1) is 0 Å². The summed E-state index contributed by atoms with van der Waals surface area (Å²) in [6.45, 7) is 1.88.